The fourth-order valence-electron chi connectivity index (χ4n) is 2.49. The molecule has 136 valence electrons. The lowest BCUT2D eigenvalue weighted by Gasteiger charge is -2.11. The van der Waals surface area contributed by atoms with E-state index in [1.165, 1.54) is 11.3 Å². The number of methoxy groups -OCH3 is 1. The van der Waals surface area contributed by atoms with Crippen LogP contribution in [0, 0.1) is 13.8 Å². The Kier molecular flexibility index (Phi) is 5.24. The monoisotopic (exact) mass is 372 g/mol. The molecule has 0 spiro atoms. The Morgan fingerprint density at radius 3 is 2.77 bits per heavy atom. The predicted octanol–water partition coefficient (Wildman–Crippen LogP) is 3.22. The summed E-state index contributed by atoms with van der Waals surface area (Å²) in [6.07, 6.45) is 0. The Hall–Kier alpha value is -2.84. The van der Waals surface area contributed by atoms with Gasteiger partial charge in [0.2, 0.25) is 0 Å². The predicted molar refractivity (Wildman–Crippen MR) is 104 cm³/mol. The number of hydrogen-bond donors (Lipinski definition) is 3. The molecule has 0 aliphatic rings. The van der Waals surface area contributed by atoms with Gasteiger partial charge in [-0.25, -0.2) is 10.8 Å². The van der Waals surface area contributed by atoms with Crippen molar-refractivity contribution in [2.75, 3.05) is 24.5 Å². The minimum atomic E-state index is -0.256. The maximum absolute atomic E-state index is 12.3. The molecule has 2 aromatic carbocycles. The van der Waals surface area contributed by atoms with Crippen molar-refractivity contribution in [3.63, 3.8) is 0 Å². The van der Waals surface area contributed by atoms with Crippen LogP contribution in [0.25, 0.3) is 10.2 Å². The molecule has 1 heterocycles. The number of nitrogens with one attached hydrogen (secondary N) is 2. The smallest absolute Gasteiger partial charge is 0.262 e. The van der Waals surface area contributed by atoms with E-state index in [1.54, 1.807) is 13.2 Å². The van der Waals surface area contributed by atoms with Crippen LogP contribution in [0.5, 0.6) is 11.5 Å². The van der Waals surface area contributed by atoms with Crippen LogP contribution in [0.4, 0.5) is 10.8 Å². The summed E-state index contributed by atoms with van der Waals surface area (Å²) in [5.74, 6) is 6.42. The van der Waals surface area contributed by atoms with E-state index < -0.39 is 0 Å². The van der Waals surface area contributed by atoms with E-state index in [0.29, 0.717) is 27.8 Å². The summed E-state index contributed by atoms with van der Waals surface area (Å²) in [6.45, 7) is 3.84. The van der Waals surface area contributed by atoms with Gasteiger partial charge < -0.3 is 14.8 Å². The van der Waals surface area contributed by atoms with Gasteiger partial charge in [-0.2, -0.15) is 0 Å². The Bertz CT molecular complexity index is 955. The van der Waals surface area contributed by atoms with Gasteiger partial charge >= 0.3 is 0 Å². The van der Waals surface area contributed by atoms with Crippen LogP contribution in [-0.2, 0) is 4.79 Å². The molecule has 0 aliphatic carbocycles. The molecule has 7 nitrogen and oxygen atoms in total. The summed E-state index contributed by atoms with van der Waals surface area (Å²) in [5, 5.41) is 3.39. The number of fused-ring (bicyclic) bond motifs is 1. The first-order valence-electron chi connectivity index (χ1n) is 7.95. The summed E-state index contributed by atoms with van der Waals surface area (Å²) in [7, 11) is 1.55. The highest BCUT2D eigenvalue weighted by Crippen LogP contribution is 2.35. The van der Waals surface area contributed by atoms with E-state index in [1.807, 2.05) is 38.1 Å². The molecule has 0 bridgehead atoms. The number of ether oxygens (including phenoxy) is 2. The highest BCUT2D eigenvalue weighted by atomic mass is 32.1. The van der Waals surface area contributed by atoms with Gasteiger partial charge in [0.15, 0.2) is 11.7 Å². The number of nitrogens with zero attached hydrogens (tertiary/aromatic N) is 1. The number of carbonyl (C=O) groups excluding carboxylic acids is 1. The van der Waals surface area contributed by atoms with E-state index >= 15 is 0 Å². The number of nitrogen functional groups attached to an aromatic ring is 1. The molecule has 0 saturated heterocycles. The average Bonchev–Trinajstić information content (AvgIpc) is 3.05. The molecular weight excluding hydrogens is 352 g/mol. The van der Waals surface area contributed by atoms with Gasteiger partial charge in [-0.05, 0) is 37.1 Å². The number of hydrazine groups is 1. The summed E-state index contributed by atoms with van der Waals surface area (Å²) in [6, 6.07) is 9.43. The number of amides is 1. The lowest BCUT2D eigenvalue weighted by atomic mass is 10.1. The Balaban J connectivity index is 1.73. The van der Waals surface area contributed by atoms with Crippen LogP contribution in [-0.4, -0.2) is 24.6 Å². The van der Waals surface area contributed by atoms with Gasteiger partial charge in [0.1, 0.15) is 17.0 Å². The molecule has 1 amide bonds. The standard InChI is InChI=1S/C18H20N4O3S/c1-10-4-5-11(2)13(6-10)25-9-16(23)20-12-7-14(24-3)17-15(8-12)26-18(21-17)22-19/h4-8H,9,19H2,1-3H3,(H,20,23)(H,21,22). The van der Waals surface area contributed by atoms with E-state index in [4.69, 9.17) is 15.3 Å². The number of aryl methyl sites for hydroxylation is 2. The second-order valence-corrected chi connectivity index (χ2v) is 6.83. The molecule has 0 unspecified atom stereocenters. The maximum Gasteiger partial charge on any atom is 0.262 e. The first kappa shape index (κ1) is 18.0. The number of benzene rings is 2. The van der Waals surface area contributed by atoms with Crippen molar-refractivity contribution in [3.8, 4) is 11.5 Å². The second kappa shape index (κ2) is 7.59. The highest BCUT2D eigenvalue weighted by molar-refractivity contribution is 7.22. The topological polar surface area (TPSA) is 98.5 Å². The zero-order valence-electron chi connectivity index (χ0n) is 14.8. The third-order valence-electron chi connectivity index (χ3n) is 3.79. The Labute approximate surface area is 155 Å². The quantitative estimate of drug-likeness (QED) is 0.454. The van der Waals surface area contributed by atoms with Crippen LogP contribution in [0.2, 0.25) is 0 Å². The highest BCUT2D eigenvalue weighted by Gasteiger charge is 2.13. The van der Waals surface area contributed by atoms with Crippen LogP contribution < -0.4 is 26.1 Å². The van der Waals surface area contributed by atoms with Crippen molar-refractivity contribution in [1.29, 1.82) is 0 Å². The van der Waals surface area contributed by atoms with Gasteiger partial charge in [0.25, 0.3) is 5.91 Å². The van der Waals surface area contributed by atoms with Crippen molar-refractivity contribution in [3.05, 3.63) is 41.5 Å². The van der Waals surface area contributed by atoms with Crippen LogP contribution in [0.3, 0.4) is 0 Å². The SMILES string of the molecule is COc1cc(NC(=O)COc2cc(C)ccc2C)cc2sc(NN)nc12. The molecule has 0 fully saturated rings. The lowest BCUT2D eigenvalue weighted by molar-refractivity contribution is -0.118. The molecule has 0 saturated carbocycles. The summed E-state index contributed by atoms with van der Waals surface area (Å²) < 4.78 is 11.8. The second-order valence-electron chi connectivity index (χ2n) is 5.79. The molecule has 3 aromatic rings. The molecule has 8 heteroatoms. The summed E-state index contributed by atoms with van der Waals surface area (Å²) in [4.78, 5) is 16.6. The normalized spacial score (nSPS) is 10.6. The molecule has 3 rings (SSSR count). The molecule has 4 N–H and O–H groups in total. The molecule has 26 heavy (non-hydrogen) atoms. The molecule has 0 atom stereocenters. The summed E-state index contributed by atoms with van der Waals surface area (Å²) in [5.41, 5.74) is 5.88. The van der Waals surface area contributed by atoms with Crippen molar-refractivity contribution in [1.82, 2.24) is 4.98 Å². The number of nitrogens with two attached hydrogens (primary N) is 1. The summed E-state index contributed by atoms with van der Waals surface area (Å²) >= 11 is 1.37. The van der Waals surface area contributed by atoms with Crippen molar-refractivity contribution in [2.24, 2.45) is 5.84 Å². The minimum absolute atomic E-state index is 0.0804. The number of anilines is 2. The third-order valence-corrected chi connectivity index (χ3v) is 4.72. The first-order chi connectivity index (χ1) is 12.5. The molecule has 1 aromatic heterocycles. The van der Waals surface area contributed by atoms with Gasteiger partial charge in [-0.1, -0.05) is 23.5 Å². The fraction of sp³-hybridized carbons (Fsp3) is 0.222. The van der Waals surface area contributed by atoms with E-state index in [2.05, 4.69) is 15.7 Å². The molecule has 0 aliphatic heterocycles. The molecule has 0 radical (unpaired) electrons. The van der Waals surface area contributed by atoms with Crippen LogP contribution in [0.1, 0.15) is 11.1 Å². The number of thiazole rings is 1. The Morgan fingerprint density at radius 2 is 2.04 bits per heavy atom. The maximum atomic E-state index is 12.3. The first-order valence-corrected chi connectivity index (χ1v) is 8.77. The van der Waals surface area contributed by atoms with Gasteiger partial charge in [0, 0.05) is 11.8 Å². The lowest BCUT2D eigenvalue weighted by Crippen LogP contribution is -2.20. The van der Waals surface area contributed by atoms with E-state index in [0.717, 1.165) is 15.8 Å². The third kappa shape index (κ3) is 3.87. The van der Waals surface area contributed by atoms with E-state index in [9.17, 15) is 4.79 Å². The zero-order chi connectivity index (χ0) is 18.7. The number of carbonyl (C=O) groups is 1. The largest absolute Gasteiger partial charge is 0.494 e. The fourth-order valence-corrected chi connectivity index (χ4v) is 3.32. The zero-order valence-corrected chi connectivity index (χ0v) is 15.6. The minimum Gasteiger partial charge on any atom is -0.494 e. The number of hydrogen-bond acceptors (Lipinski definition) is 7. The van der Waals surface area contributed by atoms with Crippen LogP contribution >= 0.6 is 11.3 Å². The van der Waals surface area contributed by atoms with Gasteiger partial charge in [0.05, 0.1) is 11.8 Å². The number of aromatic nitrogens is 1. The Morgan fingerprint density at radius 1 is 1.23 bits per heavy atom. The van der Waals surface area contributed by atoms with Crippen molar-refractivity contribution >= 4 is 38.3 Å². The van der Waals surface area contributed by atoms with Crippen molar-refractivity contribution in [2.45, 2.75) is 13.8 Å². The number of rotatable bonds is 6. The molecular formula is C18H20N4O3S. The van der Waals surface area contributed by atoms with Crippen molar-refractivity contribution < 1.29 is 14.3 Å². The van der Waals surface area contributed by atoms with Gasteiger partial charge in [-0.3, -0.25) is 10.2 Å². The average molecular weight is 372 g/mol. The van der Waals surface area contributed by atoms with Gasteiger partial charge in [-0.15, -0.1) is 0 Å². The van der Waals surface area contributed by atoms with Crippen LogP contribution in [0.15, 0.2) is 30.3 Å². The van der Waals surface area contributed by atoms with E-state index in [-0.39, 0.29) is 12.5 Å².